The van der Waals surface area contributed by atoms with E-state index in [1.54, 1.807) is 24.3 Å². The molecule has 0 fully saturated rings. The van der Waals surface area contributed by atoms with Gasteiger partial charge in [-0.25, -0.2) is 0 Å². The van der Waals surface area contributed by atoms with Gasteiger partial charge in [0.15, 0.2) is 0 Å². The molecule has 0 radical (unpaired) electrons. The molecule has 3 aromatic rings. The second-order valence-electron chi connectivity index (χ2n) is 5.86. The van der Waals surface area contributed by atoms with Crippen molar-refractivity contribution in [1.82, 2.24) is 0 Å². The zero-order chi connectivity index (χ0) is 18.1. The molecular weight excluding hydrogens is 325 g/mol. The Hall–Kier alpha value is -2.95. The monoisotopic (exact) mass is 342 g/mol. The van der Waals surface area contributed by atoms with Crippen LogP contribution in [0.5, 0.6) is 0 Å². The largest absolute Gasteiger partial charge is 0.406 e. The van der Waals surface area contributed by atoms with Crippen LogP contribution in [0, 0.1) is 0 Å². The quantitative estimate of drug-likeness (QED) is 0.533. The summed E-state index contributed by atoms with van der Waals surface area (Å²) in [5.41, 5.74) is 10.1. The summed E-state index contributed by atoms with van der Waals surface area (Å²) in [7, 11) is 0. The van der Waals surface area contributed by atoms with E-state index < -0.39 is 11.6 Å². The molecule has 0 amide bonds. The van der Waals surface area contributed by atoms with Crippen LogP contribution in [0.1, 0.15) is 16.7 Å². The topological polar surface area (TPSA) is 52.0 Å². The summed E-state index contributed by atoms with van der Waals surface area (Å²) in [5.74, 6) is 0. The van der Waals surface area contributed by atoms with E-state index in [0.29, 0.717) is 5.69 Å². The van der Waals surface area contributed by atoms with Crippen molar-refractivity contribution in [2.75, 3.05) is 11.5 Å². The number of halogens is 3. The molecule has 0 bridgehead atoms. The Bertz CT molecular complexity index is 858. The van der Waals surface area contributed by atoms with Crippen molar-refractivity contribution in [1.29, 1.82) is 0 Å². The Morgan fingerprint density at radius 2 is 1.12 bits per heavy atom. The van der Waals surface area contributed by atoms with Crippen molar-refractivity contribution in [2.45, 2.75) is 11.6 Å². The van der Waals surface area contributed by atoms with Crippen LogP contribution >= 0.6 is 0 Å². The molecule has 128 valence electrons. The highest BCUT2D eigenvalue weighted by atomic mass is 19.4. The molecule has 0 aromatic heterocycles. The lowest BCUT2D eigenvalue weighted by atomic mass is 9.68. The van der Waals surface area contributed by atoms with Crippen LogP contribution in [0.15, 0.2) is 78.9 Å². The van der Waals surface area contributed by atoms with E-state index in [2.05, 4.69) is 0 Å². The van der Waals surface area contributed by atoms with Crippen LogP contribution in [0.2, 0.25) is 0 Å². The van der Waals surface area contributed by atoms with Gasteiger partial charge in [-0.3, -0.25) is 0 Å². The first-order valence-electron chi connectivity index (χ1n) is 7.70. The molecule has 1 atom stereocenters. The predicted molar refractivity (Wildman–Crippen MR) is 94.1 cm³/mol. The first-order valence-corrected chi connectivity index (χ1v) is 7.70. The first kappa shape index (κ1) is 16.9. The second kappa shape index (κ2) is 6.16. The highest BCUT2D eigenvalue weighted by Crippen LogP contribution is 2.51. The maximum absolute atomic E-state index is 14.6. The second-order valence-corrected chi connectivity index (χ2v) is 5.86. The average Bonchev–Trinajstić information content (AvgIpc) is 2.57. The Balaban J connectivity index is 2.42. The van der Waals surface area contributed by atoms with Crippen molar-refractivity contribution >= 4 is 11.4 Å². The summed E-state index contributed by atoms with van der Waals surface area (Å²) in [5, 5.41) is 0. The van der Waals surface area contributed by atoms with Gasteiger partial charge in [-0.2, -0.15) is 13.2 Å². The molecular formula is C20H17F3N2. The van der Waals surface area contributed by atoms with E-state index >= 15 is 0 Å². The Kier molecular flexibility index (Phi) is 4.17. The maximum atomic E-state index is 14.6. The Labute approximate surface area is 143 Å². The number of nitrogen functional groups attached to an aromatic ring is 2. The van der Waals surface area contributed by atoms with E-state index in [9.17, 15) is 13.2 Å². The fourth-order valence-corrected chi connectivity index (χ4v) is 3.18. The maximum Gasteiger partial charge on any atom is 0.406 e. The van der Waals surface area contributed by atoms with Gasteiger partial charge in [0.05, 0.1) is 0 Å². The first-order chi connectivity index (χ1) is 11.9. The van der Waals surface area contributed by atoms with Crippen molar-refractivity contribution in [3.05, 3.63) is 95.6 Å². The third-order valence-electron chi connectivity index (χ3n) is 4.30. The van der Waals surface area contributed by atoms with Crippen molar-refractivity contribution < 1.29 is 13.2 Å². The minimum absolute atomic E-state index is 0.0657. The minimum atomic E-state index is -4.59. The van der Waals surface area contributed by atoms with Gasteiger partial charge in [-0.05, 0) is 41.0 Å². The number of rotatable bonds is 3. The number of benzene rings is 3. The molecule has 0 aliphatic carbocycles. The van der Waals surface area contributed by atoms with E-state index in [1.807, 2.05) is 0 Å². The molecule has 3 rings (SSSR count). The van der Waals surface area contributed by atoms with E-state index in [1.165, 1.54) is 54.6 Å². The van der Waals surface area contributed by atoms with Crippen molar-refractivity contribution in [3.63, 3.8) is 0 Å². The molecule has 2 nitrogen and oxygen atoms in total. The van der Waals surface area contributed by atoms with Crippen LogP contribution < -0.4 is 11.5 Å². The number of nitrogens with two attached hydrogens (primary N) is 2. The smallest absolute Gasteiger partial charge is 0.399 e. The lowest BCUT2D eigenvalue weighted by Gasteiger charge is -2.37. The summed E-state index contributed by atoms with van der Waals surface area (Å²) in [6.07, 6.45) is -4.59. The third kappa shape index (κ3) is 2.82. The van der Waals surface area contributed by atoms with Gasteiger partial charge in [0.2, 0.25) is 0 Å². The SMILES string of the molecule is Nc1ccc(C(c2ccccc2)(c2cccc(N)c2)C(F)(F)F)cc1. The fourth-order valence-electron chi connectivity index (χ4n) is 3.18. The van der Waals surface area contributed by atoms with Gasteiger partial charge in [0, 0.05) is 11.4 Å². The third-order valence-corrected chi connectivity index (χ3v) is 4.30. The molecule has 0 saturated carbocycles. The van der Waals surface area contributed by atoms with Gasteiger partial charge in [0.1, 0.15) is 5.41 Å². The van der Waals surface area contributed by atoms with Gasteiger partial charge in [-0.1, -0.05) is 54.6 Å². The summed E-state index contributed by atoms with van der Waals surface area (Å²) in [6, 6.07) is 19.5. The molecule has 3 aromatic carbocycles. The molecule has 0 aliphatic rings. The molecule has 0 heterocycles. The van der Waals surface area contributed by atoms with Crippen LogP contribution in [0.3, 0.4) is 0 Å². The van der Waals surface area contributed by atoms with Gasteiger partial charge in [0.25, 0.3) is 0 Å². The molecule has 0 spiro atoms. The van der Waals surface area contributed by atoms with E-state index in [4.69, 9.17) is 11.5 Å². The zero-order valence-corrected chi connectivity index (χ0v) is 13.3. The summed E-state index contributed by atoms with van der Waals surface area (Å²) in [6.45, 7) is 0. The van der Waals surface area contributed by atoms with Gasteiger partial charge in [-0.15, -0.1) is 0 Å². The van der Waals surface area contributed by atoms with E-state index in [0.717, 1.165) is 0 Å². The number of hydrogen-bond donors (Lipinski definition) is 2. The average molecular weight is 342 g/mol. The molecule has 0 saturated heterocycles. The standard InChI is InChI=1S/C20H17F3N2/c21-20(22,23)19(14-5-2-1-3-6-14,15-9-11-17(24)12-10-15)16-7-4-8-18(25)13-16/h1-13H,24-25H2. The molecule has 25 heavy (non-hydrogen) atoms. The fraction of sp³-hybridized carbons (Fsp3) is 0.100. The lowest BCUT2D eigenvalue weighted by molar-refractivity contribution is -0.166. The van der Waals surface area contributed by atoms with Crippen molar-refractivity contribution in [2.24, 2.45) is 0 Å². The van der Waals surface area contributed by atoms with Gasteiger partial charge >= 0.3 is 6.18 Å². The molecule has 1 unspecified atom stereocenters. The van der Waals surface area contributed by atoms with Crippen molar-refractivity contribution in [3.8, 4) is 0 Å². The summed E-state index contributed by atoms with van der Waals surface area (Å²) in [4.78, 5) is 0. The molecule has 5 heteroatoms. The van der Waals surface area contributed by atoms with Crippen LogP contribution in [0.25, 0.3) is 0 Å². The highest BCUT2D eigenvalue weighted by molar-refractivity contribution is 5.57. The Morgan fingerprint density at radius 3 is 1.68 bits per heavy atom. The molecule has 4 N–H and O–H groups in total. The summed E-state index contributed by atoms with van der Waals surface area (Å²) < 4.78 is 43.8. The van der Waals surface area contributed by atoms with Crippen LogP contribution in [0.4, 0.5) is 24.5 Å². The number of alkyl halides is 3. The van der Waals surface area contributed by atoms with Crippen LogP contribution in [-0.4, -0.2) is 6.18 Å². The highest BCUT2D eigenvalue weighted by Gasteiger charge is 2.58. The lowest BCUT2D eigenvalue weighted by Crippen LogP contribution is -2.44. The predicted octanol–water partition coefficient (Wildman–Crippen LogP) is 4.75. The normalized spacial score (nSPS) is 14.0. The molecule has 0 aliphatic heterocycles. The minimum Gasteiger partial charge on any atom is -0.399 e. The number of hydrogen-bond acceptors (Lipinski definition) is 2. The van der Waals surface area contributed by atoms with E-state index in [-0.39, 0.29) is 22.4 Å². The number of anilines is 2. The van der Waals surface area contributed by atoms with Gasteiger partial charge < -0.3 is 11.5 Å². The summed E-state index contributed by atoms with van der Waals surface area (Å²) >= 11 is 0. The Morgan fingerprint density at radius 1 is 0.560 bits per heavy atom. The van der Waals surface area contributed by atoms with Crippen LogP contribution in [-0.2, 0) is 5.41 Å². The zero-order valence-electron chi connectivity index (χ0n) is 13.3.